The number of sulfonamides is 1. The fourth-order valence-electron chi connectivity index (χ4n) is 1.95. The number of hydrogen-bond acceptors (Lipinski definition) is 5. The highest BCUT2D eigenvalue weighted by Gasteiger charge is 2.27. The third-order valence-corrected chi connectivity index (χ3v) is 6.55. The molecule has 1 heterocycles. The van der Waals surface area contributed by atoms with Crippen LogP contribution in [0.4, 0.5) is 0 Å². The monoisotopic (exact) mass is 333 g/mol. The molecule has 7 heteroatoms. The number of nitrogens with zero attached hydrogens (tertiary/aromatic N) is 2. The van der Waals surface area contributed by atoms with Gasteiger partial charge in [0.15, 0.2) is 0 Å². The Bertz CT molecular complexity index is 538. The number of rotatable bonds is 9. The van der Waals surface area contributed by atoms with Gasteiger partial charge in [-0.25, -0.2) is 8.42 Å². The Morgan fingerprint density at radius 3 is 2.48 bits per heavy atom. The molecule has 0 aromatic carbocycles. The van der Waals surface area contributed by atoms with Gasteiger partial charge in [0.2, 0.25) is 10.0 Å². The van der Waals surface area contributed by atoms with Gasteiger partial charge in [0.1, 0.15) is 4.90 Å². The summed E-state index contributed by atoms with van der Waals surface area (Å²) >= 11 is 1.52. The maximum atomic E-state index is 12.8. The summed E-state index contributed by atoms with van der Waals surface area (Å²) in [6.45, 7) is 6.68. The number of nitrogens with one attached hydrogen (secondary N) is 1. The van der Waals surface area contributed by atoms with Gasteiger partial charge in [-0.05, 0) is 44.9 Å². The minimum atomic E-state index is -3.41. The zero-order valence-corrected chi connectivity index (χ0v) is 15.3. The van der Waals surface area contributed by atoms with Crippen LogP contribution in [0.1, 0.15) is 23.8 Å². The molecule has 0 aliphatic carbocycles. The van der Waals surface area contributed by atoms with E-state index in [-0.39, 0.29) is 0 Å². The van der Waals surface area contributed by atoms with Crippen molar-refractivity contribution in [1.82, 2.24) is 14.5 Å². The molecular weight excluding hydrogens is 306 g/mol. The second-order valence-electron chi connectivity index (χ2n) is 5.48. The lowest BCUT2D eigenvalue weighted by Gasteiger charge is -2.20. The molecule has 0 saturated carbocycles. The normalized spacial score (nSPS) is 12.5. The molecule has 1 aromatic rings. The van der Waals surface area contributed by atoms with Crippen molar-refractivity contribution >= 4 is 21.4 Å². The maximum absolute atomic E-state index is 12.8. The first kappa shape index (κ1) is 18.6. The van der Waals surface area contributed by atoms with Gasteiger partial charge in [0, 0.05) is 31.6 Å². The predicted octanol–water partition coefficient (Wildman–Crippen LogP) is 1.74. The van der Waals surface area contributed by atoms with Crippen LogP contribution in [0.15, 0.2) is 10.3 Å². The summed E-state index contributed by atoms with van der Waals surface area (Å²) in [5, 5.41) is 5.21. The Hall–Kier alpha value is -0.470. The fourth-order valence-corrected chi connectivity index (χ4v) is 4.84. The van der Waals surface area contributed by atoms with Crippen molar-refractivity contribution in [2.75, 3.05) is 40.8 Å². The van der Waals surface area contributed by atoms with Crippen LogP contribution in [0.25, 0.3) is 0 Å². The number of aryl methyl sites for hydroxylation is 1. The van der Waals surface area contributed by atoms with Gasteiger partial charge in [-0.3, -0.25) is 0 Å². The van der Waals surface area contributed by atoms with Crippen molar-refractivity contribution in [1.29, 1.82) is 0 Å². The first-order valence-electron chi connectivity index (χ1n) is 7.19. The summed E-state index contributed by atoms with van der Waals surface area (Å²) in [6.07, 6.45) is 1.04. The molecule has 122 valence electrons. The van der Waals surface area contributed by atoms with Gasteiger partial charge in [0.25, 0.3) is 0 Å². The number of likely N-dealkylation sites (N-methyl/N-ethyl adjacent to an activating group) is 2. The minimum absolute atomic E-state index is 0.484. The van der Waals surface area contributed by atoms with Crippen molar-refractivity contribution in [3.05, 3.63) is 15.8 Å². The van der Waals surface area contributed by atoms with Crippen LogP contribution in [0, 0.1) is 6.92 Å². The lowest BCUT2D eigenvalue weighted by atomic mass is 10.3. The van der Waals surface area contributed by atoms with Crippen LogP contribution in [0.2, 0.25) is 0 Å². The maximum Gasteiger partial charge on any atom is 0.244 e. The van der Waals surface area contributed by atoms with Gasteiger partial charge in [0.05, 0.1) is 0 Å². The van der Waals surface area contributed by atoms with E-state index in [0.29, 0.717) is 24.5 Å². The molecule has 21 heavy (non-hydrogen) atoms. The second kappa shape index (κ2) is 8.24. The summed E-state index contributed by atoms with van der Waals surface area (Å²) in [5.74, 6) is 0. The van der Waals surface area contributed by atoms with Crippen molar-refractivity contribution in [3.63, 3.8) is 0 Å². The van der Waals surface area contributed by atoms with Gasteiger partial charge >= 0.3 is 0 Å². The van der Waals surface area contributed by atoms with Crippen molar-refractivity contribution < 1.29 is 8.42 Å². The van der Waals surface area contributed by atoms with Crippen LogP contribution in [0.3, 0.4) is 0 Å². The highest BCUT2D eigenvalue weighted by molar-refractivity contribution is 7.89. The average molecular weight is 334 g/mol. The van der Waals surface area contributed by atoms with E-state index >= 15 is 0 Å². The summed E-state index contributed by atoms with van der Waals surface area (Å²) in [4.78, 5) is 3.37. The molecule has 0 aliphatic heterocycles. The first-order valence-corrected chi connectivity index (χ1v) is 9.51. The zero-order valence-electron chi connectivity index (χ0n) is 13.6. The molecule has 0 radical (unpaired) electrons. The van der Waals surface area contributed by atoms with Gasteiger partial charge in [-0.1, -0.05) is 6.92 Å². The van der Waals surface area contributed by atoms with E-state index in [1.54, 1.807) is 7.05 Å². The third kappa shape index (κ3) is 5.03. The Labute approximate surface area is 133 Å². The van der Waals surface area contributed by atoms with Crippen LogP contribution < -0.4 is 5.32 Å². The van der Waals surface area contributed by atoms with E-state index in [9.17, 15) is 8.42 Å². The highest BCUT2D eigenvalue weighted by Crippen LogP contribution is 2.29. The summed E-state index contributed by atoms with van der Waals surface area (Å²) in [6, 6.07) is 0. The van der Waals surface area contributed by atoms with E-state index in [2.05, 4.69) is 12.2 Å². The van der Waals surface area contributed by atoms with Crippen molar-refractivity contribution in [3.8, 4) is 0 Å². The van der Waals surface area contributed by atoms with Crippen LogP contribution >= 0.6 is 11.3 Å². The largest absolute Gasteiger partial charge is 0.312 e. The molecule has 0 aliphatic rings. The number of thiophene rings is 1. The molecule has 1 rings (SSSR count). The van der Waals surface area contributed by atoms with Crippen molar-refractivity contribution in [2.45, 2.75) is 31.7 Å². The molecule has 0 spiro atoms. The Balaban J connectivity index is 2.93. The molecule has 1 N–H and O–H groups in total. The summed E-state index contributed by atoms with van der Waals surface area (Å²) < 4.78 is 27.0. The molecule has 1 aromatic heterocycles. The molecule has 0 amide bonds. The highest BCUT2D eigenvalue weighted by atomic mass is 32.2. The lowest BCUT2D eigenvalue weighted by molar-refractivity contribution is 0.358. The van der Waals surface area contributed by atoms with Crippen LogP contribution in [0.5, 0.6) is 0 Å². The molecule has 0 saturated heterocycles. The minimum Gasteiger partial charge on any atom is -0.312 e. The SMILES string of the molecule is CCCNCc1scc(C)c1S(=O)(=O)N(C)CCN(C)C. The topological polar surface area (TPSA) is 52.7 Å². The van der Waals surface area contributed by atoms with E-state index in [1.807, 2.05) is 31.3 Å². The second-order valence-corrected chi connectivity index (χ2v) is 8.42. The van der Waals surface area contributed by atoms with E-state index in [4.69, 9.17) is 0 Å². The third-order valence-electron chi connectivity index (χ3n) is 3.23. The quantitative estimate of drug-likeness (QED) is 0.700. The van der Waals surface area contributed by atoms with E-state index in [0.717, 1.165) is 23.4 Å². The van der Waals surface area contributed by atoms with E-state index < -0.39 is 10.0 Å². The van der Waals surface area contributed by atoms with Crippen LogP contribution in [-0.4, -0.2) is 58.4 Å². The first-order chi connectivity index (χ1) is 9.80. The zero-order chi connectivity index (χ0) is 16.0. The number of hydrogen-bond donors (Lipinski definition) is 1. The average Bonchev–Trinajstić information content (AvgIpc) is 2.78. The molecule has 0 fully saturated rings. The van der Waals surface area contributed by atoms with Gasteiger partial charge < -0.3 is 10.2 Å². The Kier molecular flexibility index (Phi) is 7.29. The lowest BCUT2D eigenvalue weighted by Crippen LogP contribution is -2.34. The molecule has 0 unspecified atom stereocenters. The van der Waals surface area contributed by atoms with Crippen molar-refractivity contribution in [2.24, 2.45) is 0 Å². The van der Waals surface area contributed by atoms with Gasteiger partial charge in [-0.15, -0.1) is 11.3 Å². The van der Waals surface area contributed by atoms with Gasteiger partial charge in [-0.2, -0.15) is 4.31 Å². The smallest absolute Gasteiger partial charge is 0.244 e. The Morgan fingerprint density at radius 1 is 1.24 bits per heavy atom. The molecular formula is C14H27N3O2S2. The molecule has 0 atom stereocenters. The molecule has 5 nitrogen and oxygen atoms in total. The Morgan fingerprint density at radius 2 is 1.90 bits per heavy atom. The predicted molar refractivity (Wildman–Crippen MR) is 89.4 cm³/mol. The van der Waals surface area contributed by atoms with E-state index in [1.165, 1.54) is 15.6 Å². The van der Waals surface area contributed by atoms with Crippen LogP contribution in [-0.2, 0) is 16.6 Å². The summed E-state index contributed by atoms with van der Waals surface area (Å²) in [5.41, 5.74) is 0.838. The molecule has 0 bridgehead atoms. The standard InChI is InChI=1S/C14H27N3O2S2/c1-6-7-15-10-13-14(12(2)11-20-13)21(18,19)17(5)9-8-16(3)4/h11,15H,6-10H2,1-5H3. The summed E-state index contributed by atoms with van der Waals surface area (Å²) in [7, 11) is 2.12. The fraction of sp³-hybridized carbons (Fsp3) is 0.714.